The number of rotatable bonds is 2. The number of halogens is 2. The minimum Gasteiger partial charge on any atom is -0.293 e. The van der Waals surface area contributed by atoms with E-state index in [0.29, 0.717) is 15.1 Å². The van der Waals surface area contributed by atoms with Gasteiger partial charge in [-0.2, -0.15) is 0 Å². The smallest absolute Gasteiger partial charge is 0.175 e. The Morgan fingerprint density at radius 2 is 2.31 bits per heavy atom. The number of hydrogen-bond acceptors (Lipinski definition) is 1. The fourth-order valence-electron chi connectivity index (χ4n) is 0.904. The molecule has 0 atom stereocenters. The number of carbonyl (C=O) groups is 1. The highest BCUT2D eigenvalue weighted by Gasteiger charge is 2.08. The van der Waals surface area contributed by atoms with E-state index in [0.717, 1.165) is 0 Å². The molecule has 0 aromatic heterocycles. The first kappa shape index (κ1) is 10.3. The number of terminal acetylenes is 1. The maximum Gasteiger partial charge on any atom is 0.175 e. The van der Waals surface area contributed by atoms with Crippen molar-refractivity contribution in [2.45, 2.75) is 6.42 Å². The van der Waals surface area contributed by atoms with Crippen molar-refractivity contribution in [3.63, 3.8) is 0 Å². The molecule has 1 aromatic carbocycles. The van der Waals surface area contributed by atoms with Gasteiger partial charge in [-0.1, -0.05) is 17.5 Å². The average Bonchev–Trinajstić information content (AvgIpc) is 2.04. The van der Waals surface area contributed by atoms with Crippen LogP contribution in [0.4, 0.5) is 0 Å². The molecule has 0 saturated heterocycles. The quantitative estimate of drug-likeness (QED) is 0.587. The zero-order valence-corrected chi connectivity index (χ0v) is 9.02. The fraction of sp³-hybridized carbons (Fsp3) is 0.100. The van der Waals surface area contributed by atoms with E-state index >= 15 is 0 Å². The third kappa shape index (κ3) is 2.58. The van der Waals surface area contributed by atoms with Crippen LogP contribution in [-0.2, 0) is 0 Å². The summed E-state index contributed by atoms with van der Waals surface area (Å²) in [6, 6.07) is 4.99. The lowest BCUT2D eigenvalue weighted by atomic mass is 10.1. The van der Waals surface area contributed by atoms with Gasteiger partial charge >= 0.3 is 0 Å². The molecule has 0 aliphatic rings. The zero-order valence-electron chi connectivity index (χ0n) is 6.68. The van der Waals surface area contributed by atoms with Crippen molar-refractivity contribution in [2.24, 2.45) is 0 Å². The van der Waals surface area contributed by atoms with Crippen molar-refractivity contribution in [3.05, 3.63) is 33.3 Å². The molecule has 13 heavy (non-hydrogen) atoms. The first-order valence-electron chi connectivity index (χ1n) is 3.57. The average molecular weight is 258 g/mol. The second-order valence-corrected chi connectivity index (χ2v) is 3.72. The molecule has 1 nitrogen and oxygen atoms in total. The summed E-state index contributed by atoms with van der Waals surface area (Å²) in [5.41, 5.74) is 0.572. The molecular weight excluding hydrogens is 251 g/mol. The second-order valence-electron chi connectivity index (χ2n) is 2.43. The third-order valence-electron chi connectivity index (χ3n) is 1.49. The number of ketones is 1. The van der Waals surface area contributed by atoms with Crippen molar-refractivity contribution >= 4 is 33.3 Å². The van der Waals surface area contributed by atoms with Gasteiger partial charge in [0.1, 0.15) is 0 Å². The summed E-state index contributed by atoms with van der Waals surface area (Å²) in [5, 5.41) is 0.587. The molecule has 0 unspecified atom stereocenters. The molecule has 1 rings (SSSR count). The summed E-state index contributed by atoms with van der Waals surface area (Å²) in [6.07, 6.45) is 5.15. The summed E-state index contributed by atoms with van der Waals surface area (Å²) in [5.74, 6) is 2.23. The van der Waals surface area contributed by atoms with E-state index in [4.69, 9.17) is 18.0 Å². The second kappa shape index (κ2) is 4.45. The van der Waals surface area contributed by atoms with Crippen LogP contribution < -0.4 is 0 Å². The van der Waals surface area contributed by atoms with E-state index in [1.54, 1.807) is 18.2 Å². The summed E-state index contributed by atoms with van der Waals surface area (Å²) in [6.45, 7) is 0. The van der Waals surface area contributed by atoms with Gasteiger partial charge in [0.25, 0.3) is 0 Å². The van der Waals surface area contributed by atoms with E-state index < -0.39 is 0 Å². The lowest BCUT2D eigenvalue weighted by Crippen LogP contribution is -1.98. The summed E-state index contributed by atoms with van der Waals surface area (Å²) < 4.78 is 0.681. The minimum atomic E-state index is -0.0777. The van der Waals surface area contributed by atoms with Crippen LogP contribution in [-0.4, -0.2) is 5.78 Å². The summed E-state index contributed by atoms with van der Waals surface area (Å²) in [7, 11) is 0. The number of hydrogen-bond donors (Lipinski definition) is 0. The predicted octanol–water partition coefficient (Wildman–Crippen LogP) is 3.31. The first-order chi connectivity index (χ1) is 6.15. The zero-order chi connectivity index (χ0) is 9.84. The van der Waals surface area contributed by atoms with Crippen molar-refractivity contribution in [1.29, 1.82) is 0 Å². The predicted molar refractivity (Wildman–Crippen MR) is 56.9 cm³/mol. The molecule has 1 aromatic rings. The lowest BCUT2D eigenvalue weighted by Gasteiger charge is -2.00. The van der Waals surface area contributed by atoms with Gasteiger partial charge in [0.15, 0.2) is 5.78 Å². The first-order valence-corrected chi connectivity index (χ1v) is 4.74. The Hall–Kier alpha value is -0.780. The van der Waals surface area contributed by atoms with Crippen molar-refractivity contribution in [1.82, 2.24) is 0 Å². The standard InChI is InChI=1S/C10H6BrClO/c1-2-3-10(13)8-5-4-7(12)6-9(8)11/h1,4-6H,3H2. The van der Waals surface area contributed by atoms with E-state index in [9.17, 15) is 4.79 Å². The molecule has 0 saturated carbocycles. The number of Topliss-reactive ketones (excluding diaryl/α,β-unsaturated/α-hetero) is 1. The third-order valence-corrected chi connectivity index (χ3v) is 2.39. The lowest BCUT2D eigenvalue weighted by molar-refractivity contribution is 0.0997. The SMILES string of the molecule is C#CCC(=O)c1ccc(Cl)cc1Br. The summed E-state index contributed by atoms with van der Waals surface area (Å²) >= 11 is 8.96. The molecule has 0 amide bonds. The highest BCUT2D eigenvalue weighted by atomic mass is 79.9. The van der Waals surface area contributed by atoms with Crippen molar-refractivity contribution in [3.8, 4) is 12.3 Å². The van der Waals surface area contributed by atoms with Crippen LogP contribution in [0.2, 0.25) is 5.02 Å². The molecule has 0 heterocycles. The van der Waals surface area contributed by atoms with Gasteiger partial charge in [0.05, 0.1) is 6.42 Å². The molecular formula is C10H6BrClO. The normalized spacial score (nSPS) is 9.31. The topological polar surface area (TPSA) is 17.1 Å². The van der Waals surface area contributed by atoms with Gasteiger partial charge in [-0.05, 0) is 34.1 Å². The Morgan fingerprint density at radius 1 is 1.62 bits per heavy atom. The van der Waals surface area contributed by atoms with E-state index in [-0.39, 0.29) is 12.2 Å². The van der Waals surface area contributed by atoms with Gasteiger partial charge < -0.3 is 0 Å². The molecule has 0 spiro atoms. The Balaban J connectivity index is 3.03. The van der Waals surface area contributed by atoms with Gasteiger partial charge in [-0.3, -0.25) is 4.79 Å². The molecule has 0 bridgehead atoms. The Morgan fingerprint density at radius 3 is 2.85 bits per heavy atom. The highest BCUT2D eigenvalue weighted by molar-refractivity contribution is 9.10. The van der Waals surface area contributed by atoms with Crippen molar-refractivity contribution in [2.75, 3.05) is 0 Å². The maximum atomic E-state index is 11.4. The molecule has 0 fully saturated rings. The van der Waals surface area contributed by atoms with Crippen LogP contribution >= 0.6 is 27.5 Å². The van der Waals surface area contributed by atoms with Crippen LogP contribution in [0.1, 0.15) is 16.8 Å². The molecule has 66 valence electrons. The van der Waals surface area contributed by atoms with Gasteiger partial charge in [-0.25, -0.2) is 0 Å². The number of benzene rings is 1. The van der Waals surface area contributed by atoms with E-state index in [1.165, 1.54) is 0 Å². The number of carbonyl (C=O) groups excluding carboxylic acids is 1. The van der Waals surface area contributed by atoms with Crippen molar-refractivity contribution < 1.29 is 4.79 Å². The molecule has 0 aliphatic heterocycles. The molecule has 0 N–H and O–H groups in total. The van der Waals surface area contributed by atoms with Crippen LogP contribution in [0.5, 0.6) is 0 Å². The Kier molecular flexibility index (Phi) is 3.53. The van der Waals surface area contributed by atoms with Crippen LogP contribution in [0, 0.1) is 12.3 Å². The van der Waals surface area contributed by atoms with Gasteiger partial charge in [-0.15, -0.1) is 6.42 Å². The largest absolute Gasteiger partial charge is 0.293 e. The van der Waals surface area contributed by atoms with Gasteiger partial charge in [0, 0.05) is 15.1 Å². The maximum absolute atomic E-state index is 11.4. The molecule has 0 aliphatic carbocycles. The molecule has 0 radical (unpaired) electrons. The van der Waals surface area contributed by atoms with Crippen LogP contribution in [0.3, 0.4) is 0 Å². The minimum absolute atomic E-state index is 0.0777. The summed E-state index contributed by atoms with van der Waals surface area (Å²) in [4.78, 5) is 11.4. The molecule has 3 heteroatoms. The van der Waals surface area contributed by atoms with Crippen LogP contribution in [0.25, 0.3) is 0 Å². The monoisotopic (exact) mass is 256 g/mol. The van der Waals surface area contributed by atoms with E-state index in [1.807, 2.05) is 0 Å². The van der Waals surface area contributed by atoms with E-state index in [2.05, 4.69) is 21.9 Å². The Bertz CT molecular complexity index is 379. The van der Waals surface area contributed by atoms with Crippen LogP contribution in [0.15, 0.2) is 22.7 Å². The highest BCUT2D eigenvalue weighted by Crippen LogP contribution is 2.22. The van der Waals surface area contributed by atoms with Gasteiger partial charge in [0.2, 0.25) is 0 Å². The Labute approximate surface area is 90.2 Å². The fourth-order valence-corrected chi connectivity index (χ4v) is 1.81.